The Kier molecular flexibility index (Phi) is 6.17. The van der Waals surface area contributed by atoms with E-state index in [0.717, 1.165) is 24.2 Å². The molecule has 7 nitrogen and oxygen atoms in total. The quantitative estimate of drug-likeness (QED) is 0.773. The van der Waals surface area contributed by atoms with Crippen molar-refractivity contribution in [2.45, 2.75) is 59.5 Å². The lowest BCUT2D eigenvalue weighted by Crippen LogP contribution is -2.45. The molecule has 1 aliphatic carbocycles. The van der Waals surface area contributed by atoms with Crippen molar-refractivity contribution >= 4 is 33.4 Å². The molecule has 3 atom stereocenters. The van der Waals surface area contributed by atoms with Crippen LogP contribution in [0.25, 0.3) is 10.2 Å². The molecule has 0 radical (unpaired) electrons. The first kappa shape index (κ1) is 20.5. The van der Waals surface area contributed by atoms with Gasteiger partial charge in [-0.25, -0.2) is 9.78 Å². The van der Waals surface area contributed by atoms with Gasteiger partial charge in [0.2, 0.25) is 5.91 Å². The molecule has 0 aromatic carbocycles. The van der Waals surface area contributed by atoms with Crippen molar-refractivity contribution in [3.8, 4) is 0 Å². The van der Waals surface area contributed by atoms with Gasteiger partial charge in [0.15, 0.2) is 0 Å². The molecular formula is C20H27N3O4S. The van der Waals surface area contributed by atoms with E-state index in [4.69, 9.17) is 4.74 Å². The molecule has 8 heteroatoms. The van der Waals surface area contributed by atoms with E-state index in [2.05, 4.69) is 24.1 Å². The van der Waals surface area contributed by atoms with Crippen LogP contribution in [0, 0.1) is 18.8 Å². The van der Waals surface area contributed by atoms with Crippen molar-refractivity contribution in [3.05, 3.63) is 27.1 Å². The molecule has 152 valence electrons. The lowest BCUT2D eigenvalue weighted by molar-refractivity contribution is -0.123. The van der Waals surface area contributed by atoms with Crippen LogP contribution in [0.5, 0.6) is 0 Å². The molecule has 28 heavy (non-hydrogen) atoms. The van der Waals surface area contributed by atoms with Gasteiger partial charge in [0, 0.05) is 6.04 Å². The first-order valence-electron chi connectivity index (χ1n) is 9.78. The van der Waals surface area contributed by atoms with E-state index in [1.165, 1.54) is 17.3 Å². The number of nitrogens with one attached hydrogen (secondary N) is 1. The van der Waals surface area contributed by atoms with Gasteiger partial charge in [-0.3, -0.25) is 14.2 Å². The number of carbonyl (C=O) groups is 2. The number of aromatic nitrogens is 2. The molecule has 1 N–H and O–H groups in total. The van der Waals surface area contributed by atoms with Crippen LogP contribution in [0.2, 0.25) is 0 Å². The third-order valence-electron chi connectivity index (χ3n) is 5.75. The lowest BCUT2D eigenvalue weighted by atomic mass is 9.78. The molecule has 1 fully saturated rings. The third-order valence-corrected chi connectivity index (χ3v) is 6.93. The second kappa shape index (κ2) is 8.43. The molecule has 2 aromatic heterocycles. The van der Waals surface area contributed by atoms with Gasteiger partial charge in [0.25, 0.3) is 5.56 Å². The van der Waals surface area contributed by atoms with Gasteiger partial charge < -0.3 is 10.1 Å². The summed E-state index contributed by atoms with van der Waals surface area (Å²) in [6, 6.07) is 0.141. The Morgan fingerprint density at radius 3 is 2.82 bits per heavy atom. The maximum Gasteiger partial charge on any atom is 0.348 e. The molecule has 0 aliphatic heterocycles. The van der Waals surface area contributed by atoms with Crippen molar-refractivity contribution < 1.29 is 14.3 Å². The number of ether oxygens (including phenoxy) is 1. The number of carbonyl (C=O) groups excluding carboxylic acids is 2. The highest BCUT2D eigenvalue weighted by atomic mass is 32.1. The highest BCUT2D eigenvalue weighted by Crippen LogP contribution is 2.29. The number of amides is 1. The fourth-order valence-electron chi connectivity index (χ4n) is 3.86. The Morgan fingerprint density at radius 2 is 2.11 bits per heavy atom. The number of hydrogen-bond acceptors (Lipinski definition) is 6. The van der Waals surface area contributed by atoms with E-state index in [1.807, 2.05) is 0 Å². The minimum Gasteiger partial charge on any atom is -0.462 e. The van der Waals surface area contributed by atoms with Crippen LogP contribution >= 0.6 is 11.3 Å². The Morgan fingerprint density at radius 1 is 1.36 bits per heavy atom. The zero-order valence-electron chi connectivity index (χ0n) is 16.8. The molecule has 1 aliphatic rings. The Labute approximate surface area is 168 Å². The summed E-state index contributed by atoms with van der Waals surface area (Å²) in [6.07, 6.45) is 4.64. The standard InChI is InChI=1S/C20H27N3O4S/c1-5-27-20(26)17-13(4)16-18(28-17)21-10-23(19(16)25)9-15(24)22-14-8-6-7-11(2)12(14)3/h10-12,14H,5-9H2,1-4H3,(H,22,24). The number of fused-ring (bicyclic) bond motifs is 1. The number of esters is 1. The predicted octanol–water partition coefficient (Wildman–Crippen LogP) is 2.88. The highest BCUT2D eigenvalue weighted by molar-refractivity contribution is 7.20. The molecule has 3 unspecified atom stereocenters. The molecule has 0 bridgehead atoms. The number of aryl methyl sites for hydroxylation is 1. The third kappa shape index (κ3) is 3.97. The van der Waals surface area contributed by atoms with Crippen LogP contribution in [0.4, 0.5) is 0 Å². The zero-order chi connectivity index (χ0) is 20.4. The molecule has 1 amide bonds. The molecule has 0 spiro atoms. The number of rotatable bonds is 5. The fourth-order valence-corrected chi connectivity index (χ4v) is 4.89. The van der Waals surface area contributed by atoms with E-state index in [-0.39, 0.29) is 30.7 Å². The second-order valence-corrected chi connectivity index (χ2v) is 8.57. The number of thiophene rings is 1. The van der Waals surface area contributed by atoms with Gasteiger partial charge in [-0.2, -0.15) is 0 Å². The number of nitrogens with zero attached hydrogens (tertiary/aromatic N) is 2. The van der Waals surface area contributed by atoms with Crippen LogP contribution < -0.4 is 10.9 Å². The summed E-state index contributed by atoms with van der Waals surface area (Å²) in [5.74, 6) is 0.357. The Hall–Kier alpha value is -2.22. The van der Waals surface area contributed by atoms with E-state index in [1.54, 1.807) is 13.8 Å². The SMILES string of the molecule is CCOC(=O)c1sc2ncn(CC(=O)NC3CCCC(C)C3C)c(=O)c2c1C. The maximum atomic E-state index is 12.9. The monoisotopic (exact) mass is 405 g/mol. The van der Waals surface area contributed by atoms with E-state index < -0.39 is 5.97 Å². The van der Waals surface area contributed by atoms with Crippen LogP contribution in [0.1, 0.15) is 55.3 Å². The summed E-state index contributed by atoms with van der Waals surface area (Å²) >= 11 is 1.14. The van der Waals surface area contributed by atoms with E-state index in [0.29, 0.717) is 32.5 Å². The molecule has 2 aromatic rings. The van der Waals surface area contributed by atoms with E-state index >= 15 is 0 Å². The normalized spacial score (nSPS) is 22.2. The molecule has 1 saturated carbocycles. The van der Waals surface area contributed by atoms with E-state index in [9.17, 15) is 14.4 Å². The zero-order valence-corrected chi connectivity index (χ0v) is 17.6. The van der Waals surface area contributed by atoms with Gasteiger partial charge in [-0.1, -0.05) is 26.7 Å². The summed E-state index contributed by atoms with van der Waals surface area (Å²) in [5, 5.41) is 3.46. The van der Waals surface area contributed by atoms with Crippen molar-refractivity contribution in [2.24, 2.45) is 11.8 Å². The maximum absolute atomic E-state index is 12.9. The van der Waals surface area contributed by atoms with Crippen molar-refractivity contribution in [3.63, 3.8) is 0 Å². The summed E-state index contributed by atoms with van der Waals surface area (Å²) in [4.78, 5) is 42.6. The Bertz CT molecular complexity index is 949. The summed E-state index contributed by atoms with van der Waals surface area (Å²) in [6.45, 7) is 8.01. The predicted molar refractivity (Wildman–Crippen MR) is 109 cm³/mol. The smallest absolute Gasteiger partial charge is 0.348 e. The average molecular weight is 406 g/mol. The average Bonchev–Trinajstić information content (AvgIpc) is 2.99. The minimum atomic E-state index is -0.452. The van der Waals surface area contributed by atoms with Gasteiger partial charge in [-0.05, 0) is 37.7 Å². The highest BCUT2D eigenvalue weighted by Gasteiger charge is 2.28. The van der Waals surface area contributed by atoms with Crippen LogP contribution in [0.3, 0.4) is 0 Å². The van der Waals surface area contributed by atoms with Crippen molar-refractivity contribution in [2.75, 3.05) is 6.61 Å². The van der Waals surface area contributed by atoms with Gasteiger partial charge >= 0.3 is 5.97 Å². The molecule has 2 heterocycles. The first-order valence-corrected chi connectivity index (χ1v) is 10.6. The molecule has 0 saturated heterocycles. The first-order chi connectivity index (χ1) is 13.3. The number of hydrogen-bond donors (Lipinski definition) is 1. The Balaban J connectivity index is 1.81. The van der Waals surface area contributed by atoms with Gasteiger partial charge in [0.05, 0.1) is 18.3 Å². The van der Waals surface area contributed by atoms with Crippen LogP contribution in [-0.4, -0.2) is 34.1 Å². The van der Waals surface area contributed by atoms with Crippen molar-refractivity contribution in [1.29, 1.82) is 0 Å². The van der Waals surface area contributed by atoms with Crippen molar-refractivity contribution in [1.82, 2.24) is 14.9 Å². The largest absolute Gasteiger partial charge is 0.462 e. The van der Waals surface area contributed by atoms with Gasteiger partial charge in [0.1, 0.15) is 16.3 Å². The lowest BCUT2D eigenvalue weighted by Gasteiger charge is -2.34. The summed E-state index contributed by atoms with van der Waals surface area (Å²) in [7, 11) is 0. The summed E-state index contributed by atoms with van der Waals surface area (Å²) in [5.41, 5.74) is 0.245. The second-order valence-electron chi connectivity index (χ2n) is 7.58. The van der Waals surface area contributed by atoms with Crippen LogP contribution in [-0.2, 0) is 16.1 Å². The van der Waals surface area contributed by atoms with Crippen LogP contribution in [0.15, 0.2) is 11.1 Å². The fraction of sp³-hybridized carbons (Fsp3) is 0.600. The molecular weight excluding hydrogens is 378 g/mol. The topological polar surface area (TPSA) is 90.3 Å². The minimum absolute atomic E-state index is 0.0800. The summed E-state index contributed by atoms with van der Waals surface area (Å²) < 4.78 is 6.36. The van der Waals surface area contributed by atoms with Gasteiger partial charge in [-0.15, -0.1) is 11.3 Å². The molecule has 3 rings (SSSR count).